The van der Waals surface area contributed by atoms with Gasteiger partial charge in [-0.3, -0.25) is 9.59 Å². The van der Waals surface area contributed by atoms with Gasteiger partial charge in [-0.05, 0) is 83.8 Å². The van der Waals surface area contributed by atoms with Crippen molar-refractivity contribution in [3.63, 3.8) is 0 Å². The smallest absolute Gasteiger partial charge is 0.308 e. The molecule has 0 aliphatic heterocycles. The molecule has 0 radical (unpaired) electrons. The van der Waals surface area contributed by atoms with E-state index < -0.39 is 0 Å². The topological polar surface area (TPSA) is 76.1 Å². The van der Waals surface area contributed by atoms with Gasteiger partial charge < -0.3 is 19.5 Å². The first-order valence-corrected chi connectivity index (χ1v) is 25.7. The van der Waals surface area contributed by atoms with Crippen LogP contribution in [-0.2, 0) is 19.1 Å². The molecule has 0 amide bonds. The van der Waals surface area contributed by atoms with Crippen LogP contribution in [0.3, 0.4) is 0 Å². The van der Waals surface area contributed by atoms with E-state index in [1.165, 1.54) is 167 Å². The minimum atomic E-state index is 0.0625. The maximum atomic E-state index is 12.9. The highest BCUT2D eigenvalue weighted by molar-refractivity contribution is 5.72. The maximum absolute atomic E-state index is 12.9. The highest BCUT2D eigenvalue weighted by Crippen LogP contribution is 2.22. The van der Waals surface area contributed by atoms with Gasteiger partial charge in [-0.2, -0.15) is 0 Å². The second kappa shape index (κ2) is 45.9. The number of unbranched alkanes of at least 4 members (excludes halogenated alkanes) is 26. The lowest BCUT2D eigenvalue weighted by Crippen LogP contribution is -2.27. The number of nitrogens with zero attached hydrogens (tertiary/aromatic N) is 1. The Balaban J connectivity index is 4.09. The van der Waals surface area contributed by atoms with Gasteiger partial charge in [0.15, 0.2) is 0 Å². The molecule has 0 saturated heterocycles. The number of aliphatic hydroxyl groups is 1. The van der Waals surface area contributed by atoms with Gasteiger partial charge in [0.1, 0.15) is 0 Å². The number of hydrogen-bond donors (Lipinski definition) is 1. The van der Waals surface area contributed by atoms with Crippen molar-refractivity contribution >= 4 is 11.9 Å². The van der Waals surface area contributed by atoms with Crippen molar-refractivity contribution < 1.29 is 24.2 Å². The zero-order valence-corrected chi connectivity index (χ0v) is 39.1. The molecular weight excluding hydrogens is 707 g/mol. The first-order valence-electron chi connectivity index (χ1n) is 25.7. The second-order valence-corrected chi connectivity index (χ2v) is 17.7. The monoisotopic (exact) mass is 808 g/mol. The third kappa shape index (κ3) is 38.8. The Kier molecular flexibility index (Phi) is 45.0. The van der Waals surface area contributed by atoms with E-state index in [2.05, 4.69) is 32.6 Å². The minimum absolute atomic E-state index is 0.0625. The van der Waals surface area contributed by atoms with E-state index in [0.29, 0.717) is 19.8 Å². The number of carbonyl (C=O) groups excluding carboxylic acids is 2. The van der Waals surface area contributed by atoms with E-state index in [1.54, 1.807) is 0 Å². The predicted molar refractivity (Wildman–Crippen MR) is 246 cm³/mol. The Morgan fingerprint density at radius 2 is 0.632 bits per heavy atom. The van der Waals surface area contributed by atoms with Gasteiger partial charge in [0.25, 0.3) is 0 Å². The molecule has 0 aromatic carbocycles. The average Bonchev–Trinajstić information content (AvgIpc) is 3.21. The molecule has 6 nitrogen and oxygen atoms in total. The van der Waals surface area contributed by atoms with Gasteiger partial charge in [-0.15, -0.1) is 0 Å². The number of rotatable bonds is 47. The Hall–Kier alpha value is -1.14. The summed E-state index contributed by atoms with van der Waals surface area (Å²) in [5.74, 6) is 0.357. The summed E-state index contributed by atoms with van der Waals surface area (Å²) in [6.07, 6.45) is 44.0. The van der Waals surface area contributed by atoms with Crippen LogP contribution < -0.4 is 0 Å². The molecule has 340 valence electrons. The summed E-state index contributed by atoms with van der Waals surface area (Å²) in [6, 6.07) is 0. The van der Waals surface area contributed by atoms with Crippen LogP contribution in [0.2, 0.25) is 0 Å². The number of carbonyl (C=O) groups is 2. The molecule has 0 aromatic rings. The Labute approximate surface area is 356 Å². The van der Waals surface area contributed by atoms with Crippen LogP contribution >= 0.6 is 0 Å². The van der Waals surface area contributed by atoms with Crippen LogP contribution in [0.4, 0.5) is 0 Å². The summed E-state index contributed by atoms with van der Waals surface area (Å²) < 4.78 is 11.6. The highest BCUT2D eigenvalue weighted by Gasteiger charge is 2.20. The summed E-state index contributed by atoms with van der Waals surface area (Å²) >= 11 is 0. The lowest BCUT2D eigenvalue weighted by atomic mass is 9.94. The molecule has 0 aromatic heterocycles. The van der Waals surface area contributed by atoms with Crippen molar-refractivity contribution in [1.29, 1.82) is 0 Å². The summed E-state index contributed by atoms with van der Waals surface area (Å²) in [5, 5.41) is 9.31. The first kappa shape index (κ1) is 55.9. The normalized spacial score (nSPS) is 12.7. The number of ether oxygens (including phenoxy) is 2. The fraction of sp³-hybridized carbons (Fsp3) is 0.961. The molecule has 0 aliphatic carbocycles. The van der Waals surface area contributed by atoms with Crippen LogP contribution in [-0.4, -0.2) is 61.4 Å². The number of esters is 2. The highest BCUT2D eigenvalue weighted by atomic mass is 16.5. The SMILES string of the molecule is CCCCCCCCC(CCCCCC)C(=O)OCCCCCCCCCN(CCCCO)CCCCCCCCCOC(=O)C(CCCCC)CCCCCC. The summed E-state index contributed by atoms with van der Waals surface area (Å²) in [4.78, 5) is 28.3. The predicted octanol–water partition coefficient (Wildman–Crippen LogP) is 15.1. The third-order valence-electron chi connectivity index (χ3n) is 12.1. The Morgan fingerprint density at radius 1 is 0.368 bits per heavy atom. The third-order valence-corrected chi connectivity index (χ3v) is 12.1. The molecule has 0 fully saturated rings. The number of aliphatic hydroxyl groups excluding tert-OH is 1. The van der Waals surface area contributed by atoms with Crippen LogP contribution in [0, 0.1) is 11.8 Å². The summed E-state index contributed by atoms with van der Waals surface area (Å²) in [6.45, 7) is 13.9. The molecule has 2 unspecified atom stereocenters. The van der Waals surface area contributed by atoms with E-state index in [0.717, 1.165) is 90.0 Å². The van der Waals surface area contributed by atoms with Gasteiger partial charge in [-0.1, -0.05) is 201 Å². The lowest BCUT2D eigenvalue weighted by molar-refractivity contribution is -0.150. The first-order chi connectivity index (χ1) is 28.0. The molecule has 0 heterocycles. The van der Waals surface area contributed by atoms with Crippen molar-refractivity contribution in [2.75, 3.05) is 39.5 Å². The minimum Gasteiger partial charge on any atom is -0.465 e. The molecule has 0 bridgehead atoms. The zero-order chi connectivity index (χ0) is 41.7. The summed E-state index contributed by atoms with van der Waals surface area (Å²) in [5.41, 5.74) is 0. The van der Waals surface area contributed by atoms with Crippen molar-refractivity contribution in [2.45, 2.75) is 265 Å². The summed E-state index contributed by atoms with van der Waals surface area (Å²) in [7, 11) is 0. The van der Waals surface area contributed by atoms with Gasteiger partial charge in [0.05, 0.1) is 25.0 Å². The largest absolute Gasteiger partial charge is 0.465 e. The molecule has 0 saturated carbocycles. The van der Waals surface area contributed by atoms with E-state index in [9.17, 15) is 14.7 Å². The quantitative estimate of drug-likeness (QED) is 0.0487. The van der Waals surface area contributed by atoms with Crippen molar-refractivity contribution in [3.8, 4) is 0 Å². The van der Waals surface area contributed by atoms with E-state index in [-0.39, 0.29) is 23.8 Å². The van der Waals surface area contributed by atoms with Crippen LogP contribution in [0.5, 0.6) is 0 Å². The molecule has 0 spiro atoms. The van der Waals surface area contributed by atoms with Gasteiger partial charge in [0.2, 0.25) is 0 Å². The fourth-order valence-corrected chi connectivity index (χ4v) is 8.21. The van der Waals surface area contributed by atoms with Crippen molar-refractivity contribution in [2.24, 2.45) is 11.8 Å². The maximum Gasteiger partial charge on any atom is 0.308 e. The molecule has 57 heavy (non-hydrogen) atoms. The molecule has 2 atom stereocenters. The average molecular weight is 808 g/mol. The number of hydrogen-bond acceptors (Lipinski definition) is 6. The van der Waals surface area contributed by atoms with Gasteiger partial charge >= 0.3 is 11.9 Å². The second-order valence-electron chi connectivity index (χ2n) is 17.7. The van der Waals surface area contributed by atoms with Crippen LogP contribution in [0.15, 0.2) is 0 Å². The van der Waals surface area contributed by atoms with Gasteiger partial charge in [0, 0.05) is 6.61 Å². The molecule has 0 aliphatic rings. The Bertz CT molecular complexity index is 821. The van der Waals surface area contributed by atoms with Gasteiger partial charge in [-0.25, -0.2) is 0 Å². The van der Waals surface area contributed by atoms with Crippen LogP contribution in [0.1, 0.15) is 265 Å². The van der Waals surface area contributed by atoms with E-state index >= 15 is 0 Å². The van der Waals surface area contributed by atoms with Crippen LogP contribution in [0.25, 0.3) is 0 Å². The lowest BCUT2D eigenvalue weighted by Gasteiger charge is -2.22. The molecular formula is C51H101NO5. The molecule has 1 N–H and O–H groups in total. The van der Waals surface area contributed by atoms with E-state index in [1.807, 2.05) is 0 Å². The van der Waals surface area contributed by atoms with Crippen molar-refractivity contribution in [3.05, 3.63) is 0 Å². The zero-order valence-electron chi connectivity index (χ0n) is 39.1. The molecule has 6 heteroatoms. The molecule has 0 rings (SSSR count). The van der Waals surface area contributed by atoms with Crippen molar-refractivity contribution in [1.82, 2.24) is 4.90 Å². The Morgan fingerprint density at radius 3 is 1.00 bits per heavy atom. The van der Waals surface area contributed by atoms with E-state index in [4.69, 9.17) is 9.47 Å². The standard InChI is InChI=1S/C51H101NO5/c1-5-9-13-16-23-31-41-49(40-30-15-11-7-3)51(55)57-47-37-27-22-18-20-25-33-43-52(44-34-35-45-53)42-32-24-19-17-21-26-36-46-56-50(54)48(38-28-12-8-4)39-29-14-10-6-2/h48-49,53H,5-47H2,1-4H3. The fourth-order valence-electron chi connectivity index (χ4n) is 8.21.